The Labute approximate surface area is 109 Å². The van der Waals surface area contributed by atoms with Crippen LogP contribution in [-0.4, -0.2) is 25.8 Å². The Morgan fingerprint density at radius 2 is 2.33 bits per heavy atom. The molecule has 2 atom stereocenters. The highest BCUT2D eigenvalue weighted by atomic mass is 19.1. The van der Waals surface area contributed by atoms with Gasteiger partial charge in [0.15, 0.2) is 0 Å². The summed E-state index contributed by atoms with van der Waals surface area (Å²) in [5, 5.41) is 3.35. The van der Waals surface area contributed by atoms with Crippen LogP contribution < -0.4 is 5.32 Å². The van der Waals surface area contributed by atoms with E-state index in [2.05, 4.69) is 5.32 Å². The molecule has 0 bridgehead atoms. The first-order valence-corrected chi connectivity index (χ1v) is 6.73. The number of nitrogens with one attached hydrogen (secondary N) is 1. The maximum atomic E-state index is 13.1. The summed E-state index contributed by atoms with van der Waals surface area (Å²) >= 11 is 0. The maximum absolute atomic E-state index is 13.1. The fourth-order valence-corrected chi connectivity index (χ4v) is 2.60. The minimum absolute atomic E-state index is 0.156. The average molecular weight is 251 g/mol. The third-order valence-electron chi connectivity index (χ3n) is 3.75. The van der Waals surface area contributed by atoms with Gasteiger partial charge in [-0.2, -0.15) is 0 Å². The van der Waals surface area contributed by atoms with Crippen molar-refractivity contribution >= 4 is 0 Å². The molecule has 0 aromatic heterocycles. The van der Waals surface area contributed by atoms with Crippen LogP contribution in [0, 0.1) is 12.7 Å². The quantitative estimate of drug-likeness (QED) is 0.869. The van der Waals surface area contributed by atoms with Gasteiger partial charge in [-0.1, -0.05) is 6.07 Å². The number of likely N-dealkylation sites (N-methyl/N-ethyl adjacent to an activating group) is 1. The number of halogens is 1. The Morgan fingerprint density at radius 3 is 2.94 bits per heavy atom. The Kier molecular flexibility index (Phi) is 4.72. The van der Waals surface area contributed by atoms with Gasteiger partial charge in [0.1, 0.15) is 5.82 Å². The minimum atomic E-state index is -0.156. The summed E-state index contributed by atoms with van der Waals surface area (Å²) in [7, 11) is 1.98. The standard InChI is InChI=1S/C15H22FNO/c1-11-8-13(16)6-5-12(11)9-14(17-2)10-15-4-3-7-18-15/h5-6,8,14-15,17H,3-4,7,9-10H2,1-2H3. The molecule has 0 amide bonds. The van der Waals surface area contributed by atoms with E-state index >= 15 is 0 Å². The molecule has 1 fully saturated rings. The number of aryl methyl sites for hydroxylation is 1. The Morgan fingerprint density at radius 1 is 1.50 bits per heavy atom. The zero-order valence-electron chi connectivity index (χ0n) is 11.2. The van der Waals surface area contributed by atoms with E-state index in [1.807, 2.05) is 20.0 Å². The minimum Gasteiger partial charge on any atom is -0.378 e. The highest BCUT2D eigenvalue weighted by molar-refractivity contribution is 5.27. The van der Waals surface area contributed by atoms with Crippen LogP contribution in [0.5, 0.6) is 0 Å². The van der Waals surface area contributed by atoms with Crippen molar-refractivity contribution in [3.63, 3.8) is 0 Å². The number of hydrogen-bond acceptors (Lipinski definition) is 2. The van der Waals surface area contributed by atoms with E-state index in [0.717, 1.165) is 25.0 Å². The fraction of sp³-hybridized carbons (Fsp3) is 0.600. The number of hydrogen-bond donors (Lipinski definition) is 1. The second kappa shape index (κ2) is 6.30. The lowest BCUT2D eigenvalue weighted by atomic mass is 9.96. The first-order valence-electron chi connectivity index (χ1n) is 6.73. The molecule has 1 aromatic rings. The summed E-state index contributed by atoms with van der Waals surface area (Å²) in [5.41, 5.74) is 2.25. The van der Waals surface area contributed by atoms with Crippen LogP contribution in [-0.2, 0) is 11.2 Å². The molecule has 1 N–H and O–H groups in total. The van der Waals surface area contributed by atoms with Crippen molar-refractivity contribution in [1.82, 2.24) is 5.32 Å². The summed E-state index contributed by atoms with van der Waals surface area (Å²) in [6.45, 7) is 2.87. The number of benzene rings is 1. The van der Waals surface area contributed by atoms with E-state index in [0.29, 0.717) is 12.1 Å². The van der Waals surface area contributed by atoms with Crippen LogP contribution >= 0.6 is 0 Å². The Bertz CT molecular complexity index is 388. The predicted molar refractivity (Wildman–Crippen MR) is 71.3 cm³/mol. The monoisotopic (exact) mass is 251 g/mol. The third kappa shape index (κ3) is 3.53. The third-order valence-corrected chi connectivity index (χ3v) is 3.75. The molecule has 1 aromatic carbocycles. The van der Waals surface area contributed by atoms with Gasteiger partial charge in [0.25, 0.3) is 0 Å². The first-order chi connectivity index (χ1) is 8.69. The fourth-order valence-electron chi connectivity index (χ4n) is 2.60. The van der Waals surface area contributed by atoms with E-state index in [9.17, 15) is 4.39 Å². The highest BCUT2D eigenvalue weighted by Crippen LogP contribution is 2.20. The molecular weight excluding hydrogens is 229 g/mol. The van der Waals surface area contributed by atoms with Gasteiger partial charge in [0.05, 0.1) is 6.10 Å². The molecule has 1 aliphatic rings. The molecule has 18 heavy (non-hydrogen) atoms. The molecule has 0 saturated carbocycles. The second-order valence-electron chi connectivity index (χ2n) is 5.13. The molecule has 1 heterocycles. The molecule has 1 aliphatic heterocycles. The van der Waals surface area contributed by atoms with Gasteiger partial charge in [0, 0.05) is 12.6 Å². The van der Waals surface area contributed by atoms with E-state index < -0.39 is 0 Å². The molecular formula is C15H22FNO. The van der Waals surface area contributed by atoms with E-state index in [-0.39, 0.29) is 5.82 Å². The largest absolute Gasteiger partial charge is 0.378 e. The molecule has 2 unspecified atom stereocenters. The second-order valence-corrected chi connectivity index (χ2v) is 5.13. The van der Waals surface area contributed by atoms with Gasteiger partial charge in [0.2, 0.25) is 0 Å². The lowest BCUT2D eigenvalue weighted by Crippen LogP contribution is -2.31. The van der Waals surface area contributed by atoms with Crippen molar-refractivity contribution in [2.75, 3.05) is 13.7 Å². The van der Waals surface area contributed by atoms with Gasteiger partial charge in [-0.25, -0.2) is 4.39 Å². The predicted octanol–water partition coefficient (Wildman–Crippen LogP) is 2.83. The molecule has 3 heteroatoms. The van der Waals surface area contributed by atoms with E-state index in [1.165, 1.54) is 18.4 Å². The van der Waals surface area contributed by atoms with Gasteiger partial charge in [-0.05, 0) is 62.9 Å². The van der Waals surface area contributed by atoms with Crippen LogP contribution in [0.2, 0.25) is 0 Å². The summed E-state index contributed by atoms with van der Waals surface area (Å²) in [6, 6.07) is 5.44. The molecule has 2 nitrogen and oxygen atoms in total. The average Bonchev–Trinajstić information content (AvgIpc) is 2.84. The molecule has 100 valence electrons. The Balaban J connectivity index is 1.96. The molecule has 0 spiro atoms. The van der Waals surface area contributed by atoms with Gasteiger partial charge in [-0.15, -0.1) is 0 Å². The lowest BCUT2D eigenvalue weighted by molar-refractivity contribution is 0.0954. The zero-order valence-corrected chi connectivity index (χ0v) is 11.2. The number of rotatable bonds is 5. The van der Waals surface area contributed by atoms with Crippen molar-refractivity contribution in [2.45, 2.75) is 44.8 Å². The van der Waals surface area contributed by atoms with Gasteiger partial charge >= 0.3 is 0 Å². The van der Waals surface area contributed by atoms with Crippen LogP contribution in [0.4, 0.5) is 4.39 Å². The summed E-state index contributed by atoms with van der Waals surface area (Å²) in [4.78, 5) is 0. The molecule has 0 radical (unpaired) electrons. The first kappa shape index (κ1) is 13.5. The lowest BCUT2D eigenvalue weighted by Gasteiger charge is -2.20. The van der Waals surface area contributed by atoms with E-state index in [1.54, 1.807) is 12.1 Å². The van der Waals surface area contributed by atoms with Crippen molar-refractivity contribution in [1.29, 1.82) is 0 Å². The molecule has 2 rings (SSSR count). The maximum Gasteiger partial charge on any atom is 0.123 e. The highest BCUT2D eigenvalue weighted by Gasteiger charge is 2.20. The van der Waals surface area contributed by atoms with Crippen LogP contribution in [0.25, 0.3) is 0 Å². The number of ether oxygens (including phenoxy) is 1. The topological polar surface area (TPSA) is 21.3 Å². The van der Waals surface area contributed by atoms with Crippen LogP contribution in [0.3, 0.4) is 0 Å². The van der Waals surface area contributed by atoms with Gasteiger partial charge in [-0.3, -0.25) is 0 Å². The van der Waals surface area contributed by atoms with Crippen molar-refractivity contribution in [3.05, 3.63) is 35.1 Å². The molecule has 0 aliphatic carbocycles. The summed E-state index contributed by atoms with van der Waals surface area (Å²) in [5.74, 6) is -0.156. The summed E-state index contributed by atoms with van der Waals surface area (Å²) in [6.07, 6.45) is 4.70. The molecule has 1 saturated heterocycles. The van der Waals surface area contributed by atoms with Crippen molar-refractivity contribution < 1.29 is 9.13 Å². The zero-order chi connectivity index (χ0) is 13.0. The van der Waals surface area contributed by atoms with E-state index in [4.69, 9.17) is 4.74 Å². The summed E-state index contributed by atoms with van der Waals surface area (Å²) < 4.78 is 18.7. The van der Waals surface area contributed by atoms with Crippen LogP contribution in [0.15, 0.2) is 18.2 Å². The Hall–Kier alpha value is -0.930. The van der Waals surface area contributed by atoms with Crippen molar-refractivity contribution in [3.8, 4) is 0 Å². The smallest absolute Gasteiger partial charge is 0.123 e. The normalized spacial score (nSPS) is 21.2. The van der Waals surface area contributed by atoms with Gasteiger partial charge < -0.3 is 10.1 Å². The van der Waals surface area contributed by atoms with Crippen molar-refractivity contribution in [2.24, 2.45) is 0 Å². The SMILES string of the molecule is CNC(Cc1ccc(F)cc1C)CC1CCCO1. The van der Waals surface area contributed by atoms with Crippen LogP contribution in [0.1, 0.15) is 30.4 Å².